The van der Waals surface area contributed by atoms with E-state index in [0.717, 1.165) is 0 Å². The summed E-state index contributed by atoms with van der Waals surface area (Å²) in [6.45, 7) is 3.06. The maximum atomic E-state index is 13.4. The van der Waals surface area contributed by atoms with E-state index in [1.54, 1.807) is 0 Å². The van der Waals surface area contributed by atoms with Crippen LogP contribution in [0, 0.1) is 5.21 Å². The number of amides is 1. The smallest absolute Gasteiger partial charge is 0.509 e. The number of rotatable bonds is 3. The quantitative estimate of drug-likeness (QED) is 0.289. The Morgan fingerprint density at radius 1 is 1.43 bits per heavy atom. The molecular formula is C17H20ClF3N4O4S. The highest BCUT2D eigenvalue weighted by atomic mass is 35.5. The zero-order chi connectivity index (χ0) is 22.3. The lowest BCUT2D eigenvalue weighted by atomic mass is 9.83. The van der Waals surface area contributed by atoms with E-state index in [2.05, 4.69) is 9.97 Å². The van der Waals surface area contributed by atoms with E-state index in [1.807, 2.05) is 11.8 Å². The Bertz CT molecular complexity index is 857. The van der Waals surface area contributed by atoms with Gasteiger partial charge in [0.25, 0.3) is 0 Å². The van der Waals surface area contributed by atoms with Gasteiger partial charge in [0.1, 0.15) is 11.5 Å². The summed E-state index contributed by atoms with van der Waals surface area (Å²) < 4.78 is 48.1. The van der Waals surface area contributed by atoms with Gasteiger partial charge in [0.05, 0.1) is 39.3 Å². The molecule has 2 unspecified atom stereocenters. The summed E-state index contributed by atoms with van der Waals surface area (Å²) >= 11 is 11.1. The molecule has 0 spiro atoms. The van der Waals surface area contributed by atoms with Crippen LogP contribution >= 0.6 is 23.8 Å². The second-order valence-corrected chi connectivity index (χ2v) is 8.20. The monoisotopic (exact) mass is 468 g/mol. The highest BCUT2D eigenvalue weighted by molar-refractivity contribution is 7.80. The minimum Gasteiger partial charge on any atom is -0.624 e. The molecule has 0 saturated carbocycles. The van der Waals surface area contributed by atoms with Crippen LogP contribution in [0.2, 0.25) is 5.28 Å². The van der Waals surface area contributed by atoms with Gasteiger partial charge in [-0.25, -0.2) is 14.8 Å². The van der Waals surface area contributed by atoms with Crippen LogP contribution in [-0.2, 0) is 19.8 Å². The van der Waals surface area contributed by atoms with E-state index >= 15 is 0 Å². The molecule has 8 nitrogen and oxygen atoms in total. The molecule has 3 rings (SSSR count). The summed E-state index contributed by atoms with van der Waals surface area (Å²) in [6, 6.07) is 1.31. The number of thiocarbonyl (C=S) groups is 1. The predicted octanol–water partition coefficient (Wildman–Crippen LogP) is 2.72. The number of aromatic nitrogens is 2. The Morgan fingerprint density at radius 2 is 2.13 bits per heavy atom. The highest BCUT2D eigenvalue weighted by Crippen LogP contribution is 2.45. The fourth-order valence-electron chi connectivity index (χ4n) is 3.81. The van der Waals surface area contributed by atoms with Gasteiger partial charge in [-0.2, -0.15) is 13.2 Å². The number of quaternary nitrogens is 1. The fourth-order valence-corrected chi connectivity index (χ4v) is 4.31. The summed E-state index contributed by atoms with van der Waals surface area (Å²) in [5, 5.41) is 13.0. The molecule has 2 aliphatic rings. The maximum Gasteiger partial charge on any atom is 0.509 e. The second kappa shape index (κ2) is 8.15. The topological polar surface area (TPSA) is 87.6 Å². The van der Waals surface area contributed by atoms with E-state index < -0.39 is 28.7 Å². The van der Waals surface area contributed by atoms with Crippen molar-refractivity contribution >= 4 is 40.6 Å². The summed E-state index contributed by atoms with van der Waals surface area (Å²) in [5.41, 5.74) is -2.05. The summed E-state index contributed by atoms with van der Waals surface area (Å²) in [4.78, 5) is 22.2. The summed E-state index contributed by atoms with van der Waals surface area (Å²) in [7, 11) is 0.663. The Balaban J connectivity index is 2.16. The van der Waals surface area contributed by atoms with Gasteiger partial charge in [0, 0.05) is 19.0 Å². The number of carbonyl (C=O) groups excluding carboxylic acids is 1. The first-order valence-electron chi connectivity index (χ1n) is 9.13. The summed E-state index contributed by atoms with van der Waals surface area (Å²) in [6.07, 6.45) is -5.95. The molecule has 3 heterocycles. The zero-order valence-electron chi connectivity index (χ0n) is 16.2. The van der Waals surface area contributed by atoms with Crippen molar-refractivity contribution in [2.75, 3.05) is 38.3 Å². The Labute approximate surface area is 181 Å². The first kappa shape index (κ1) is 23.1. The van der Waals surface area contributed by atoms with Gasteiger partial charge in [-0.3, -0.25) is 4.65 Å². The molecule has 0 radical (unpaired) electrons. The second-order valence-electron chi connectivity index (χ2n) is 7.40. The van der Waals surface area contributed by atoms with E-state index in [9.17, 15) is 23.2 Å². The first-order chi connectivity index (χ1) is 13.9. The van der Waals surface area contributed by atoms with E-state index in [0.29, 0.717) is 32.6 Å². The molecule has 13 heteroatoms. The number of nitrogens with zero attached hydrogens (tertiary/aromatic N) is 4. The predicted molar refractivity (Wildman–Crippen MR) is 105 cm³/mol. The minimum atomic E-state index is -5.35. The Morgan fingerprint density at radius 3 is 2.73 bits per heavy atom. The molecule has 3 atom stereocenters. The van der Waals surface area contributed by atoms with E-state index in [1.165, 1.54) is 6.07 Å². The minimum absolute atomic E-state index is 0.0764. The SMILES string of the molecule is C[C@@H]1COCCN1c1cc(C2([N+](C)([O-])C(=O)C(F)(F)F)CCOC(=S)C2)nc(Cl)n1. The van der Waals surface area contributed by atoms with Crippen molar-refractivity contribution in [1.82, 2.24) is 9.97 Å². The lowest BCUT2D eigenvalue weighted by Gasteiger charge is -2.52. The molecule has 166 valence electrons. The van der Waals surface area contributed by atoms with Gasteiger partial charge >= 0.3 is 12.1 Å². The Kier molecular flexibility index (Phi) is 6.27. The molecule has 2 aliphatic heterocycles. The van der Waals surface area contributed by atoms with E-state index in [-0.39, 0.29) is 35.1 Å². The number of carbonyl (C=O) groups is 1. The third-order valence-corrected chi connectivity index (χ3v) is 5.92. The zero-order valence-corrected chi connectivity index (χ0v) is 17.8. The number of hydrogen-bond donors (Lipinski definition) is 0. The maximum absolute atomic E-state index is 13.4. The Hall–Kier alpha value is -1.60. The van der Waals surface area contributed by atoms with Gasteiger partial charge < -0.3 is 19.6 Å². The number of anilines is 1. The molecule has 1 amide bonds. The molecule has 0 aromatic carbocycles. The van der Waals surface area contributed by atoms with Crippen molar-refractivity contribution in [3.63, 3.8) is 0 Å². The fraction of sp³-hybridized carbons (Fsp3) is 0.647. The van der Waals surface area contributed by atoms with Crippen LogP contribution in [0.5, 0.6) is 0 Å². The van der Waals surface area contributed by atoms with Crippen LogP contribution in [0.3, 0.4) is 0 Å². The van der Waals surface area contributed by atoms with Crippen molar-refractivity contribution in [1.29, 1.82) is 0 Å². The number of halogens is 4. The molecule has 1 aromatic heterocycles. The normalized spacial score (nSPS) is 27.4. The molecule has 2 saturated heterocycles. The summed E-state index contributed by atoms with van der Waals surface area (Å²) in [5.74, 6) is -2.12. The molecule has 0 N–H and O–H groups in total. The van der Waals surface area contributed by atoms with Crippen molar-refractivity contribution < 1.29 is 32.1 Å². The van der Waals surface area contributed by atoms with Crippen molar-refractivity contribution in [3.8, 4) is 0 Å². The standard InChI is InChI=1S/C17H20ClF3N4O4S/c1-10-9-28-6-4-24(10)12-7-11(22-15(18)23-12)16(3-5-29-13(30)8-16)25(2,27)14(26)17(19,20)21/h7,10H,3-6,8-9H2,1-2H3/t10-,16?,25?/m1/s1. The third-order valence-electron chi connectivity index (χ3n) is 5.49. The largest absolute Gasteiger partial charge is 0.624 e. The van der Waals surface area contributed by atoms with Gasteiger partial charge in [0.15, 0.2) is 10.6 Å². The van der Waals surface area contributed by atoms with Crippen LogP contribution in [-0.4, -0.2) is 71.2 Å². The number of morpholine rings is 1. The van der Waals surface area contributed by atoms with Crippen LogP contribution in [0.15, 0.2) is 6.07 Å². The van der Waals surface area contributed by atoms with Gasteiger partial charge in [-0.1, -0.05) is 0 Å². The molecule has 0 bridgehead atoms. The van der Waals surface area contributed by atoms with Crippen molar-refractivity contribution in [3.05, 3.63) is 22.3 Å². The van der Waals surface area contributed by atoms with Crippen LogP contribution < -0.4 is 4.90 Å². The van der Waals surface area contributed by atoms with Gasteiger partial charge in [0.2, 0.25) is 5.28 Å². The number of alkyl halides is 3. The van der Waals surface area contributed by atoms with Crippen molar-refractivity contribution in [2.45, 2.75) is 37.5 Å². The number of hydrogen-bond acceptors (Lipinski definition) is 8. The molecule has 1 aromatic rings. The van der Waals surface area contributed by atoms with E-state index in [4.69, 9.17) is 33.3 Å². The number of ether oxygens (including phenoxy) is 2. The average Bonchev–Trinajstić information content (AvgIpc) is 2.66. The van der Waals surface area contributed by atoms with Crippen LogP contribution in [0.4, 0.5) is 19.0 Å². The molecule has 30 heavy (non-hydrogen) atoms. The molecule has 2 fully saturated rings. The van der Waals surface area contributed by atoms with Gasteiger partial charge in [-0.15, -0.1) is 0 Å². The lowest BCUT2D eigenvalue weighted by Crippen LogP contribution is -2.65. The third kappa shape index (κ3) is 4.11. The highest BCUT2D eigenvalue weighted by Gasteiger charge is 2.60. The van der Waals surface area contributed by atoms with Gasteiger partial charge in [-0.05, 0) is 30.7 Å². The average molecular weight is 469 g/mol. The number of hydroxylamine groups is 3. The van der Waals surface area contributed by atoms with Crippen molar-refractivity contribution in [2.24, 2.45) is 0 Å². The first-order valence-corrected chi connectivity index (χ1v) is 9.91. The lowest BCUT2D eigenvalue weighted by molar-refractivity contribution is -0.856. The van der Waals surface area contributed by atoms with Crippen LogP contribution in [0.25, 0.3) is 0 Å². The van der Waals surface area contributed by atoms with Crippen LogP contribution in [0.1, 0.15) is 25.5 Å². The molecular weight excluding hydrogens is 449 g/mol. The molecule has 0 aliphatic carbocycles.